The molecule has 18 heavy (non-hydrogen) atoms. The topological polar surface area (TPSA) is 91.4 Å². The third-order valence-corrected chi connectivity index (χ3v) is 3.75. The van der Waals surface area contributed by atoms with Crippen LogP contribution < -0.4 is 11.1 Å². The molecule has 0 saturated carbocycles. The molecule has 0 aromatic carbocycles. The van der Waals surface area contributed by atoms with Crippen molar-refractivity contribution in [2.24, 2.45) is 11.7 Å². The van der Waals surface area contributed by atoms with Crippen molar-refractivity contribution in [3.05, 3.63) is 23.0 Å². The number of aliphatic hydroxyl groups excluding tert-OH is 1. The number of rotatable bonds is 3. The summed E-state index contributed by atoms with van der Waals surface area (Å²) in [5, 5.41) is 22.8. The van der Waals surface area contributed by atoms with Gasteiger partial charge in [0.1, 0.15) is 5.75 Å². The smallest absolute Gasteiger partial charge is 0.141 e. The maximum atomic E-state index is 10.1. The summed E-state index contributed by atoms with van der Waals surface area (Å²) in [7, 11) is 0. The Hall–Kier alpha value is -1.17. The van der Waals surface area contributed by atoms with Crippen molar-refractivity contribution in [2.75, 3.05) is 13.1 Å². The first-order valence-electron chi connectivity index (χ1n) is 6.39. The van der Waals surface area contributed by atoms with Crippen molar-refractivity contribution in [2.45, 2.75) is 32.4 Å². The van der Waals surface area contributed by atoms with Crippen molar-refractivity contribution in [1.29, 1.82) is 0 Å². The number of hydrogen-bond donors (Lipinski definition) is 4. The fraction of sp³-hybridized carbons (Fsp3) is 0.615. The molecule has 1 saturated heterocycles. The molecule has 2 heterocycles. The van der Waals surface area contributed by atoms with Crippen LogP contribution in [0.25, 0.3) is 0 Å². The maximum Gasteiger partial charge on any atom is 0.141 e. The number of piperidine rings is 1. The zero-order valence-electron chi connectivity index (χ0n) is 10.7. The van der Waals surface area contributed by atoms with Gasteiger partial charge in [0.15, 0.2) is 0 Å². The number of pyridine rings is 1. The Balaban J connectivity index is 2.32. The number of aryl methyl sites for hydroxylation is 1. The fourth-order valence-electron chi connectivity index (χ4n) is 2.59. The Morgan fingerprint density at radius 3 is 2.78 bits per heavy atom. The summed E-state index contributed by atoms with van der Waals surface area (Å²) in [6.45, 7) is 3.51. The molecule has 0 unspecified atom stereocenters. The van der Waals surface area contributed by atoms with Gasteiger partial charge in [0.05, 0.1) is 12.3 Å². The first-order chi connectivity index (χ1) is 8.65. The Bertz CT molecular complexity index is 417. The number of aromatic nitrogens is 1. The van der Waals surface area contributed by atoms with Crippen LogP contribution in [0.1, 0.15) is 35.7 Å². The minimum atomic E-state index is -0.240. The lowest BCUT2D eigenvalue weighted by atomic mass is 9.84. The molecule has 1 aliphatic rings. The predicted molar refractivity (Wildman–Crippen MR) is 69.1 cm³/mol. The molecule has 0 aliphatic carbocycles. The molecule has 5 N–H and O–H groups in total. The zero-order valence-corrected chi connectivity index (χ0v) is 10.7. The zero-order chi connectivity index (χ0) is 13.1. The molecule has 2 rings (SSSR count). The summed E-state index contributed by atoms with van der Waals surface area (Å²) < 4.78 is 0. The van der Waals surface area contributed by atoms with E-state index in [0.29, 0.717) is 22.7 Å². The third kappa shape index (κ3) is 2.48. The highest BCUT2D eigenvalue weighted by molar-refractivity contribution is 5.43. The van der Waals surface area contributed by atoms with Crippen LogP contribution in [0, 0.1) is 12.8 Å². The minimum absolute atomic E-state index is 0.132. The molecule has 1 aromatic heterocycles. The van der Waals surface area contributed by atoms with Crippen molar-refractivity contribution >= 4 is 0 Å². The van der Waals surface area contributed by atoms with E-state index < -0.39 is 0 Å². The van der Waals surface area contributed by atoms with Gasteiger partial charge in [-0.05, 0) is 38.8 Å². The van der Waals surface area contributed by atoms with E-state index in [1.165, 1.54) is 0 Å². The van der Waals surface area contributed by atoms with Crippen LogP contribution in [-0.2, 0) is 6.61 Å². The molecule has 100 valence electrons. The van der Waals surface area contributed by atoms with Gasteiger partial charge in [0.25, 0.3) is 0 Å². The van der Waals surface area contributed by atoms with E-state index in [9.17, 15) is 10.2 Å². The Labute approximate surface area is 107 Å². The molecule has 1 atom stereocenters. The van der Waals surface area contributed by atoms with Crippen LogP contribution in [-0.4, -0.2) is 28.3 Å². The van der Waals surface area contributed by atoms with E-state index in [1.807, 2.05) is 0 Å². The quantitative estimate of drug-likeness (QED) is 0.631. The second-order valence-corrected chi connectivity index (χ2v) is 4.90. The Morgan fingerprint density at radius 2 is 2.17 bits per heavy atom. The molecule has 0 radical (unpaired) electrons. The van der Waals surface area contributed by atoms with E-state index in [2.05, 4.69) is 10.3 Å². The summed E-state index contributed by atoms with van der Waals surface area (Å²) in [6.07, 6.45) is 3.59. The van der Waals surface area contributed by atoms with E-state index in [0.717, 1.165) is 25.9 Å². The van der Waals surface area contributed by atoms with Crippen molar-refractivity contribution in [1.82, 2.24) is 10.3 Å². The number of hydrogen-bond acceptors (Lipinski definition) is 5. The number of aromatic hydroxyl groups is 1. The molecule has 1 fully saturated rings. The van der Waals surface area contributed by atoms with Gasteiger partial charge >= 0.3 is 0 Å². The number of aliphatic hydroxyl groups is 1. The first kappa shape index (κ1) is 13.3. The van der Waals surface area contributed by atoms with Gasteiger partial charge in [-0.15, -0.1) is 0 Å². The van der Waals surface area contributed by atoms with Gasteiger partial charge in [-0.25, -0.2) is 0 Å². The highest BCUT2D eigenvalue weighted by Gasteiger charge is 2.26. The lowest BCUT2D eigenvalue weighted by Gasteiger charge is -2.30. The van der Waals surface area contributed by atoms with Crippen LogP contribution in [0.3, 0.4) is 0 Å². The summed E-state index contributed by atoms with van der Waals surface area (Å²) in [5.41, 5.74) is 8.14. The van der Waals surface area contributed by atoms with Crippen molar-refractivity contribution < 1.29 is 10.2 Å². The molecule has 5 heteroatoms. The molecule has 0 amide bonds. The van der Waals surface area contributed by atoms with E-state index in [4.69, 9.17) is 5.73 Å². The van der Waals surface area contributed by atoms with Crippen LogP contribution >= 0.6 is 0 Å². The highest BCUT2D eigenvalue weighted by atomic mass is 16.3. The maximum absolute atomic E-state index is 10.1. The number of nitrogens with two attached hydrogens (primary N) is 1. The molecular weight excluding hydrogens is 230 g/mol. The van der Waals surface area contributed by atoms with Gasteiger partial charge in [-0.3, -0.25) is 4.98 Å². The predicted octanol–water partition coefficient (Wildman–Crippen LogP) is 0.587. The average Bonchev–Trinajstić information content (AvgIpc) is 2.42. The van der Waals surface area contributed by atoms with Gasteiger partial charge in [0.2, 0.25) is 0 Å². The third-order valence-electron chi connectivity index (χ3n) is 3.75. The van der Waals surface area contributed by atoms with E-state index >= 15 is 0 Å². The summed E-state index contributed by atoms with van der Waals surface area (Å²) in [6, 6.07) is -0.240. The normalized spacial score (nSPS) is 18.8. The summed E-state index contributed by atoms with van der Waals surface area (Å²) in [5.74, 6) is 0.469. The van der Waals surface area contributed by atoms with Crippen LogP contribution in [0.15, 0.2) is 6.20 Å². The summed E-state index contributed by atoms with van der Waals surface area (Å²) >= 11 is 0. The van der Waals surface area contributed by atoms with E-state index in [1.54, 1.807) is 13.1 Å². The largest absolute Gasteiger partial charge is 0.506 e. The average molecular weight is 251 g/mol. The van der Waals surface area contributed by atoms with Gasteiger partial charge < -0.3 is 21.3 Å². The lowest BCUT2D eigenvalue weighted by molar-refractivity contribution is 0.271. The first-order valence-corrected chi connectivity index (χ1v) is 6.39. The fourth-order valence-corrected chi connectivity index (χ4v) is 2.59. The summed E-state index contributed by atoms with van der Waals surface area (Å²) in [4.78, 5) is 4.06. The molecule has 1 aliphatic heterocycles. The van der Waals surface area contributed by atoms with Crippen LogP contribution in [0.2, 0.25) is 0 Å². The SMILES string of the molecule is Cc1ncc(CO)c([C@H](N)C2CCNCC2)c1O. The molecule has 0 spiro atoms. The monoisotopic (exact) mass is 251 g/mol. The lowest BCUT2D eigenvalue weighted by Crippen LogP contribution is -2.34. The van der Waals surface area contributed by atoms with Crippen molar-refractivity contribution in [3.63, 3.8) is 0 Å². The Morgan fingerprint density at radius 1 is 1.50 bits per heavy atom. The number of nitrogens with zero attached hydrogens (tertiary/aromatic N) is 1. The van der Waals surface area contributed by atoms with Gasteiger partial charge in [-0.2, -0.15) is 0 Å². The van der Waals surface area contributed by atoms with Gasteiger partial charge in [0, 0.05) is 23.4 Å². The van der Waals surface area contributed by atoms with E-state index in [-0.39, 0.29) is 18.4 Å². The second kappa shape index (κ2) is 5.65. The number of nitrogens with one attached hydrogen (secondary N) is 1. The molecule has 1 aromatic rings. The Kier molecular flexibility index (Phi) is 4.16. The second-order valence-electron chi connectivity index (χ2n) is 4.90. The van der Waals surface area contributed by atoms with Crippen LogP contribution in [0.4, 0.5) is 0 Å². The standard InChI is InChI=1S/C13H21N3O2/c1-8-13(18)11(10(7-17)6-16-8)12(14)9-2-4-15-5-3-9/h6,9,12,15,17-18H,2-5,7,14H2,1H3/t12-/m1/s1. The molecule has 5 nitrogen and oxygen atoms in total. The molecule has 0 bridgehead atoms. The van der Waals surface area contributed by atoms with Gasteiger partial charge in [-0.1, -0.05) is 0 Å². The minimum Gasteiger partial charge on any atom is -0.506 e. The van der Waals surface area contributed by atoms with Crippen LogP contribution in [0.5, 0.6) is 5.75 Å². The van der Waals surface area contributed by atoms with Crippen molar-refractivity contribution in [3.8, 4) is 5.75 Å². The molecular formula is C13H21N3O2. The highest BCUT2D eigenvalue weighted by Crippen LogP contribution is 2.35.